The minimum atomic E-state index is -3.71. The molecule has 184 valence electrons. The summed E-state index contributed by atoms with van der Waals surface area (Å²) in [6, 6.07) is 23.8. The van der Waals surface area contributed by atoms with Crippen LogP contribution in [0.2, 0.25) is 0 Å². The summed E-state index contributed by atoms with van der Waals surface area (Å²) in [7, 11) is -3.71. The Bertz CT molecular complexity index is 1580. The molecule has 0 spiro atoms. The average molecular weight is 516 g/mol. The molecule has 5 nitrogen and oxygen atoms in total. The second-order valence-electron chi connectivity index (χ2n) is 9.17. The zero-order valence-corrected chi connectivity index (χ0v) is 22.3. The first kappa shape index (κ1) is 24.4. The van der Waals surface area contributed by atoms with E-state index in [9.17, 15) is 8.42 Å². The molecule has 0 saturated carbocycles. The Morgan fingerprint density at radius 2 is 1.56 bits per heavy atom. The van der Waals surface area contributed by atoms with E-state index in [-0.39, 0.29) is 0 Å². The monoisotopic (exact) mass is 515 g/mol. The lowest BCUT2D eigenvalue weighted by atomic mass is 10.1. The standard InChI is InChI=1S/C29H29N3O2S2/c1-21-16-22(2)28(23(3)17-21)36(33,34)31(18-24-10-6-4-7-11-24)15-14-26-20-35-29-30-27(19-32(26)29)25-12-8-5-9-13-25/h4-13,16-17,19-20H,14-15,18H2,1-3H3. The van der Waals surface area contributed by atoms with Gasteiger partial charge in [0.15, 0.2) is 4.96 Å². The van der Waals surface area contributed by atoms with Crippen LogP contribution in [-0.2, 0) is 23.0 Å². The van der Waals surface area contributed by atoms with Crippen molar-refractivity contribution in [1.29, 1.82) is 0 Å². The average Bonchev–Trinajstić information content (AvgIpc) is 3.43. The van der Waals surface area contributed by atoms with E-state index in [4.69, 9.17) is 4.98 Å². The summed E-state index contributed by atoms with van der Waals surface area (Å²) in [4.78, 5) is 6.10. The molecular formula is C29H29N3O2S2. The molecule has 0 radical (unpaired) electrons. The first-order chi connectivity index (χ1) is 17.3. The van der Waals surface area contributed by atoms with Crippen LogP contribution in [0.1, 0.15) is 27.9 Å². The summed E-state index contributed by atoms with van der Waals surface area (Å²) in [6.45, 7) is 6.45. The van der Waals surface area contributed by atoms with Gasteiger partial charge in [0.2, 0.25) is 10.0 Å². The number of aromatic nitrogens is 2. The van der Waals surface area contributed by atoms with E-state index in [0.29, 0.717) is 24.4 Å². The van der Waals surface area contributed by atoms with Crippen LogP contribution < -0.4 is 0 Å². The van der Waals surface area contributed by atoms with Crippen molar-refractivity contribution in [1.82, 2.24) is 13.7 Å². The number of hydrogen-bond acceptors (Lipinski definition) is 4. The van der Waals surface area contributed by atoms with E-state index in [1.165, 1.54) is 0 Å². The second kappa shape index (κ2) is 10.0. The molecule has 0 atom stereocenters. The van der Waals surface area contributed by atoms with Gasteiger partial charge < -0.3 is 0 Å². The van der Waals surface area contributed by atoms with Gasteiger partial charge in [0.25, 0.3) is 0 Å². The molecule has 0 amide bonds. The predicted octanol–water partition coefficient (Wildman–Crippen LogP) is 6.42. The van der Waals surface area contributed by atoms with Gasteiger partial charge in [-0.25, -0.2) is 13.4 Å². The minimum absolute atomic E-state index is 0.322. The smallest absolute Gasteiger partial charge is 0.243 e. The maximum atomic E-state index is 14.0. The van der Waals surface area contributed by atoms with E-state index in [2.05, 4.69) is 9.78 Å². The molecule has 0 aliphatic heterocycles. The Morgan fingerprint density at radius 3 is 2.22 bits per heavy atom. The molecule has 0 saturated heterocycles. The van der Waals surface area contributed by atoms with Crippen molar-refractivity contribution in [2.24, 2.45) is 0 Å². The van der Waals surface area contributed by atoms with Crippen molar-refractivity contribution < 1.29 is 8.42 Å². The summed E-state index contributed by atoms with van der Waals surface area (Å²) in [6.07, 6.45) is 2.63. The van der Waals surface area contributed by atoms with Crippen molar-refractivity contribution in [3.05, 3.63) is 112 Å². The van der Waals surface area contributed by atoms with Gasteiger partial charge in [-0.3, -0.25) is 4.40 Å². The maximum absolute atomic E-state index is 14.0. The quantitative estimate of drug-likeness (QED) is 0.240. The molecule has 0 aliphatic carbocycles. The number of fused-ring (bicyclic) bond motifs is 1. The summed E-state index contributed by atoms with van der Waals surface area (Å²) in [5.41, 5.74) is 6.63. The van der Waals surface area contributed by atoms with Crippen molar-refractivity contribution in [3.63, 3.8) is 0 Å². The Hall–Kier alpha value is -3.26. The molecule has 0 bridgehead atoms. The van der Waals surface area contributed by atoms with E-state index in [1.807, 2.05) is 99.8 Å². The van der Waals surface area contributed by atoms with Crippen molar-refractivity contribution >= 4 is 26.3 Å². The summed E-state index contributed by atoms with van der Waals surface area (Å²) >= 11 is 1.58. The van der Waals surface area contributed by atoms with Crippen LogP contribution in [0.3, 0.4) is 0 Å². The topological polar surface area (TPSA) is 54.7 Å². The first-order valence-electron chi connectivity index (χ1n) is 12.0. The van der Waals surface area contributed by atoms with Crippen LogP contribution in [0.25, 0.3) is 16.2 Å². The number of imidazole rings is 1. The third kappa shape index (κ3) is 4.87. The van der Waals surface area contributed by atoms with Gasteiger partial charge in [-0.05, 0) is 37.5 Å². The SMILES string of the molecule is Cc1cc(C)c(S(=O)(=O)N(CCc2csc3nc(-c4ccccc4)cn23)Cc2ccccc2)c(C)c1. The largest absolute Gasteiger partial charge is 0.294 e. The Morgan fingerprint density at radius 1 is 0.917 bits per heavy atom. The molecule has 7 heteroatoms. The lowest BCUT2D eigenvalue weighted by Gasteiger charge is -2.24. The van der Waals surface area contributed by atoms with Gasteiger partial charge >= 0.3 is 0 Å². The van der Waals surface area contributed by atoms with Crippen molar-refractivity contribution in [2.45, 2.75) is 38.6 Å². The third-order valence-electron chi connectivity index (χ3n) is 6.37. The number of aryl methyl sites for hydroxylation is 3. The van der Waals surface area contributed by atoms with Gasteiger partial charge in [0, 0.05) is 42.3 Å². The fourth-order valence-electron chi connectivity index (χ4n) is 4.77. The predicted molar refractivity (Wildman–Crippen MR) is 147 cm³/mol. The number of thiazole rings is 1. The number of benzene rings is 3. The molecule has 2 heterocycles. The van der Waals surface area contributed by atoms with Crippen LogP contribution in [0.15, 0.2) is 89.3 Å². The summed E-state index contributed by atoms with van der Waals surface area (Å²) < 4.78 is 31.7. The molecule has 0 aliphatic rings. The summed E-state index contributed by atoms with van der Waals surface area (Å²) in [5.74, 6) is 0. The molecule has 5 rings (SSSR count). The highest BCUT2D eigenvalue weighted by molar-refractivity contribution is 7.89. The Kier molecular flexibility index (Phi) is 6.79. The number of sulfonamides is 1. The van der Waals surface area contributed by atoms with Crippen molar-refractivity contribution in [3.8, 4) is 11.3 Å². The number of nitrogens with zero attached hydrogens (tertiary/aromatic N) is 3. The molecule has 3 aromatic carbocycles. The van der Waals surface area contributed by atoms with Gasteiger partial charge in [-0.1, -0.05) is 78.4 Å². The molecule has 36 heavy (non-hydrogen) atoms. The normalized spacial score (nSPS) is 12.0. The van der Waals surface area contributed by atoms with E-state index >= 15 is 0 Å². The molecule has 5 aromatic rings. The van der Waals surface area contributed by atoms with Crippen LogP contribution >= 0.6 is 11.3 Å². The van der Waals surface area contributed by atoms with Crippen molar-refractivity contribution in [2.75, 3.05) is 6.54 Å². The third-order valence-corrected chi connectivity index (χ3v) is 9.41. The maximum Gasteiger partial charge on any atom is 0.243 e. The van der Waals surface area contributed by atoms with Gasteiger partial charge in [0.05, 0.1) is 10.6 Å². The van der Waals surface area contributed by atoms with Gasteiger partial charge in [-0.15, -0.1) is 11.3 Å². The van der Waals surface area contributed by atoms with E-state index in [0.717, 1.165) is 44.2 Å². The van der Waals surface area contributed by atoms with Gasteiger partial charge in [-0.2, -0.15) is 4.31 Å². The lowest BCUT2D eigenvalue weighted by molar-refractivity contribution is 0.407. The highest BCUT2D eigenvalue weighted by Gasteiger charge is 2.28. The van der Waals surface area contributed by atoms with E-state index in [1.54, 1.807) is 15.6 Å². The summed E-state index contributed by atoms with van der Waals surface area (Å²) in [5, 5.41) is 2.08. The molecule has 2 aromatic heterocycles. The van der Waals surface area contributed by atoms with Gasteiger partial charge in [0.1, 0.15) is 0 Å². The second-order valence-corrected chi connectivity index (χ2v) is 11.9. The molecule has 0 fully saturated rings. The lowest BCUT2D eigenvalue weighted by Crippen LogP contribution is -2.33. The fraction of sp³-hybridized carbons (Fsp3) is 0.207. The highest BCUT2D eigenvalue weighted by Crippen LogP contribution is 2.28. The number of hydrogen-bond donors (Lipinski definition) is 0. The van der Waals surface area contributed by atoms with Crippen LogP contribution in [0.4, 0.5) is 0 Å². The zero-order chi connectivity index (χ0) is 25.3. The molecular weight excluding hydrogens is 486 g/mol. The van der Waals surface area contributed by atoms with Crippen LogP contribution in [-0.4, -0.2) is 28.7 Å². The van der Waals surface area contributed by atoms with Crippen LogP contribution in [0.5, 0.6) is 0 Å². The fourth-order valence-corrected chi connectivity index (χ4v) is 7.52. The molecule has 0 unspecified atom stereocenters. The molecule has 0 N–H and O–H groups in total. The van der Waals surface area contributed by atoms with Crippen LogP contribution in [0, 0.1) is 20.8 Å². The zero-order valence-electron chi connectivity index (χ0n) is 20.7. The Labute approximate surface area is 216 Å². The highest BCUT2D eigenvalue weighted by atomic mass is 32.2. The Balaban J connectivity index is 1.47. The first-order valence-corrected chi connectivity index (χ1v) is 14.3. The van der Waals surface area contributed by atoms with E-state index < -0.39 is 10.0 Å². The number of rotatable bonds is 8. The minimum Gasteiger partial charge on any atom is -0.294 e.